The fourth-order valence-corrected chi connectivity index (χ4v) is 2.21. The average molecular weight is 335 g/mol. The Labute approximate surface area is 142 Å². The fourth-order valence-electron chi connectivity index (χ4n) is 2.21. The van der Waals surface area contributed by atoms with E-state index >= 15 is 0 Å². The van der Waals surface area contributed by atoms with Crippen LogP contribution in [-0.4, -0.2) is 32.1 Å². The minimum Gasteiger partial charge on any atom is -0.459 e. The number of aromatic nitrogens is 5. The predicted molar refractivity (Wildman–Crippen MR) is 89.7 cm³/mol. The number of hydrogen-bond acceptors (Lipinski definition) is 9. The molecule has 0 amide bonds. The number of nitrogen functional groups attached to an aromatic ring is 1. The maximum Gasteiger partial charge on any atom is 0.294 e. The van der Waals surface area contributed by atoms with Gasteiger partial charge in [0.25, 0.3) is 5.89 Å². The summed E-state index contributed by atoms with van der Waals surface area (Å²) in [6.07, 6.45) is 1.52. The topological polar surface area (TPSA) is 120 Å². The Balaban J connectivity index is 1.71. The summed E-state index contributed by atoms with van der Waals surface area (Å²) in [5.74, 6) is 1.54. The number of anilines is 3. The third-order valence-corrected chi connectivity index (χ3v) is 3.44. The van der Waals surface area contributed by atoms with E-state index < -0.39 is 0 Å². The van der Waals surface area contributed by atoms with E-state index in [1.54, 1.807) is 17.0 Å². The molecular formula is C16H13N7O2. The van der Waals surface area contributed by atoms with Crippen molar-refractivity contribution in [2.75, 3.05) is 17.7 Å². The maximum absolute atomic E-state index is 5.82. The average Bonchev–Trinajstić information content (AvgIpc) is 3.32. The van der Waals surface area contributed by atoms with Crippen LogP contribution in [0.3, 0.4) is 0 Å². The van der Waals surface area contributed by atoms with Gasteiger partial charge in [-0.05, 0) is 24.3 Å². The number of para-hydroxylation sites is 1. The highest BCUT2D eigenvalue weighted by atomic mass is 16.5. The van der Waals surface area contributed by atoms with Gasteiger partial charge < -0.3 is 19.6 Å². The fraction of sp³-hybridized carbons (Fsp3) is 0.0625. The van der Waals surface area contributed by atoms with Gasteiger partial charge in [0.05, 0.1) is 6.26 Å². The van der Waals surface area contributed by atoms with E-state index in [4.69, 9.17) is 14.7 Å². The number of hydrogen-bond donors (Lipinski definition) is 1. The number of nitrogens with two attached hydrogens (primary N) is 1. The van der Waals surface area contributed by atoms with Crippen molar-refractivity contribution < 1.29 is 8.94 Å². The van der Waals surface area contributed by atoms with Gasteiger partial charge in [0.2, 0.25) is 23.5 Å². The van der Waals surface area contributed by atoms with E-state index in [0.29, 0.717) is 11.7 Å². The van der Waals surface area contributed by atoms with Crippen LogP contribution in [0.4, 0.5) is 17.6 Å². The zero-order chi connectivity index (χ0) is 17.2. The highest BCUT2D eigenvalue weighted by molar-refractivity contribution is 5.59. The minimum absolute atomic E-state index is 0.0622. The van der Waals surface area contributed by atoms with Crippen molar-refractivity contribution in [1.82, 2.24) is 25.1 Å². The van der Waals surface area contributed by atoms with Crippen molar-refractivity contribution in [2.24, 2.45) is 0 Å². The van der Waals surface area contributed by atoms with Gasteiger partial charge in [-0.15, -0.1) is 0 Å². The molecule has 0 fully saturated rings. The van der Waals surface area contributed by atoms with Crippen molar-refractivity contribution in [1.29, 1.82) is 0 Å². The van der Waals surface area contributed by atoms with Crippen LogP contribution in [0, 0.1) is 0 Å². The second kappa shape index (κ2) is 6.04. The van der Waals surface area contributed by atoms with Crippen LogP contribution in [-0.2, 0) is 0 Å². The van der Waals surface area contributed by atoms with Gasteiger partial charge in [0, 0.05) is 12.7 Å². The quantitative estimate of drug-likeness (QED) is 0.599. The first-order valence-corrected chi connectivity index (χ1v) is 7.39. The van der Waals surface area contributed by atoms with Crippen LogP contribution < -0.4 is 10.6 Å². The smallest absolute Gasteiger partial charge is 0.294 e. The molecule has 124 valence electrons. The molecule has 9 nitrogen and oxygen atoms in total. The lowest BCUT2D eigenvalue weighted by Gasteiger charge is -2.17. The van der Waals surface area contributed by atoms with Gasteiger partial charge in [-0.25, -0.2) is 0 Å². The van der Waals surface area contributed by atoms with Crippen LogP contribution >= 0.6 is 0 Å². The lowest BCUT2D eigenvalue weighted by Crippen LogP contribution is -2.15. The normalized spacial score (nSPS) is 10.8. The summed E-state index contributed by atoms with van der Waals surface area (Å²) < 4.78 is 10.4. The standard InChI is InChI=1S/C16H13N7O2/c1-23(10-6-3-2-4-7-10)16-20-12(19-15(17)21-16)13-18-14(25-22-13)11-8-5-9-24-11/h2-9H,1H3,(H2,17,19,20,21). The number of nitrogens with zero attached hydrogens (tertiary/aromatic N) is 6. The Bertz CT molecular complexity index is 983. The molecule has 0 aliphatic rings. The predicted octanol–water partition coefficient (Wildman–Crippen LogP) is 2.53. The first-order valence-electron chi connectivity index (χ1n) is 7.39. The number of furan rings is 1. The highest BCUT2D eigenvalue weighted by Crippen LogP contribution is 2.24. The van der Waals surface area contributed by atoms with Crippen molar-refractivity contribution in [3.05, 3.63) is 48.7 Å². The molecule has 0 spiro atoms. The van der Waals surface area contributed by atoms with Crippen LogP contribution in [0.1, 0.15) is 0 Å². The largest absolute Gasteiger partial charge is 0.459 e. The van der Waals surface area contributed by atoms with Crippen LogP contribution in [0.2, 0.25) is 0 Å². The maximum atomic E-state index is 5.82. The zero-order valence-electron chi connectivity index (χ0n) is 13.2. The molecule has 0 radical (unpaired) electrons. The summed E-state index contributed by atoms with van der Waals surface area (Å²) in [5, 5.41) is 3.88. The van der Waals surface area contributed by atoms with E-state index in [0.717, 1.165) is 5.69 Å². The van der Waals surface area contributed by atoms with E-state index in [-0.39, 0.29) is 23.5 Å². The van der Waals surface area contributed by atoms with Crippen molar-refractivity contribution >= 4 is 17.6 Å². The Morgan fingerprint density at radius 3 is 2.52 bits per heavy atom. The highest BCUT2D eigenvalue weighted by Gasteiger charge is 2.18. The van der Waals surface area contributed by atoms with Gasteiger partial charge in [-0.2, -0.15) is 19.9 Å². The van der Waals surface area contributed by atoms with E-state index in [1.807, 2.05) is 37.4 Å². The van der Waals surface area contributed by atoms with Crippen LogP contribution in [0.5, 0.6) is 0 Å². The monoisotopic (exact) mass is 335 g/mol. The summed E-state index contributed by atoms with van der Waals surface area (Å²) in [6.45, 7) is 0. The molecule has 0 bridgehead atoms. The summed E-state index contributed by atoms with van der Waals surface area (Å²) >= 11 is 0. The third kappa shape index (κ3) is 2.90. The van der Waals surface area contributed by atoms with Crippen LogP contribution in [0.25, 0.3) is 23.3 Å². The molecule has 0 saturated heterocycles. The minimum atomic E-state index is 0.0622. The molecule has 9 heteroatoms. The van der Waals surface area contributed by atoms with Gasteiger partial charge in [-0.1, -0.05) is 23.4 Å². The van der Waals surface area contributed by atoms with Gasteiger partial charge in [0.1, 0.15) is 0 Å². The lowest BCUT2D eigenvalue weighted by molar-refractivity contribution is 0.416. The SMILES string of the molecule is CN(c1ccccc1)c1nc(N)nc(-c2noc(-c3ccco3)n2)n1. The molecule has 4 aromatic rings. The molecule has 0 unspecified atom stereocenters. The summed E-state index contributed by atoms with van der Waals surface area (Å²) in [4.78, 5) is 18.7. The van der Waals surface area contributed by atoms with Gasteiger partial charge in [-0.3, -0.25) is 0 Å². The van der Waals surface area contributed by atoms with E-state index in [9.17, 15) is 0 Å². The second-order valence-electron chi connectivity index (χ2n) is 5.11. The first-order chi connectivity index (χ1) is 12.2. The summed E-state index contributed by atoms with van der Waals surface area (Å²) in [7, 11) is 1.83. The molecule has 0 aliphatic carbocycles. The van der Waals surface area contributed by atoms with E-state index in [1.165, 1.54) is 6.26 Å². The molecule has 25 heavy (non-hydrogen) atoms. The van der Waals surface area contributed by atoms with Gasteiger partial charge in [0.15, 0.2) is 5.76 Å². The summed E-state index contributed by atoms with van der Waals surface area (Å²) in [6, 6.07) is 13.1. The second-order valence-corrected chi connectivity index (χ2v) is 5.11. The van der Waals surface area contributed by atoms with E-state index in [2.05, 4.69) is 25.1 Å². The Kier molecular flexibility index (Phi) is 3.58. The molecule has 1 aromatic carbocycles. The molecule has 3 heterocycles. The molecule has 0 aliphatic heterocycles. The molecule has 2 N–H and O–H groups in total. The third-order valence-electron chi connectivity index (χ3n) is 3.44. The number of rotatable bonds is 4. The Hall–Kier alpha value is -3.75. The molecule has 4 rings (SSSR count). The molecule has 3 aromatic heterocycles. The molecule has 0 atom stereocenters. The Morgan fingerprint density at radius 1 is 0.920 bits per heavy atom. The van der Waals surface area contributed by atoms with Crippen molar-refractivity contribution in [3.8, 4) is 23.3 Å². The molecule has 0 saturated carbocycles. The van der Waals surface area contributed by atoms with Crippen molar-refractivity contribution in [2.45, 2.75) is 0 Å². The van der Waals surface area contributed by atoms with Gasteiger partial charge >= 0.3 is 0 Å². The van der Waals surface area contributed by atoms with Crippen LogP contribution in [0.15, 0.2) is 57.7 Å². The Morgan fingerprint density at radius 2 is 1.76 bits per heavy atom. The number of benzene rings is 1. The lowest BCUT2D eigenvalue weighted by atomic mass is 10.3. The van der Waals surface area contributed by atoms with Crippen molar-refractivity contribution in [3.63, 3.8) is 0 Å². The molecular weight excluding hydrogens is 322 g/mol. The first kappa shape index (κ1) is 14.8. The summed E-state index contributed by atoms with van der Waals surface area (Å²) in [5.41, 5.74) is 6.73. The zero-order valence-corrected chi connectivity index (χ0v) is 13.2.